The monoisotopic (exact) mass is 279 g/mol. The summed E-state index contributed by atoms with van der Waals surface area (Å²) in [5, 5.41) is 0. The molecule has 2 aromatic rings. The first-order valence-corrected chi connectivity index (χ1v) is 6.65. The van der Waals surface area contributed by atoms with E-state index in [9.17, 15) is 13.6 Å². The molecule has 0 unspecified atom stereocenters. The first kappa shape index (κ1) is 14.7. The van der Waals surface area contributed by atoms with Gasteiger partial charge in [0.05, 0.1) is 5.52 Å². The predicted octanol–water partition coefficient (Wildman–Crippen LogP) is 1.73. The van der Waals surface area contributed by atoms with Crippen molar-refractivity contribution >= 4 is 24.5 Å². The van der Waals surface area contributed by atoms with Gasteiger partial charge in [0.1, 0.15) is 7.85 Å². The van der Waals surface area contributed by atoms with Crippen molar-refractivity contribution in [1.82, 2.24) is 14.5 Å². The second-order valence-electron chi connectivity index (χ2n) is 4.93. The van der Waals surface area contributed by atoms with E-state index in [0.29, 0.717) is 23.0 Å². The van der Waals surface area contributed by atoms with E-state index in [1.807, 2.05) is 0 Å². The summed E-state index contributed by atoms with van der Waals surface area (Å²) in [6, 6.07) is 1.60. The number of nitrogens with zero attached hydrogens (tertiary/aromatic N) is 2. The summed E-state index contributed by atoms with van der Waals surface area (Å²) in [6.07, 6.45) is 1.77. The van der Waals surface area contributed by atoms with Gasteiger partial charge in [-0.1, -0.05) is 18.8 Å². The lowest BCUT2D eigenvalue weighted by Gasteiger charge is -2.14. The average molecular weight is 279 g/mol. The third kappa shape index (κ3) is 3.26. The summed E-state index contributed by atoms with van der Waals surface area (Å²) in [7, 11) is 5.58. The molecule has 0 atom stereocenters. The van der Waals surface area contributed by atoms with Crippen molar-refractivity contribution in [1.29, 1.82) is 0 Å². The number of fused-ring (bicyclic) bond motifs is 1. The Morgan fingerprint density at radius 1 is 1.45 bits per heavy atom. The zero-order chi connectivity index (χ0) is 14.8. The molecule has 0 aromatic carbocycles. The minimum Gasteiger partial charge on any atom is -0.304 e. The van der Waals surface area contributed by atoms with Gasteiger partial charge in [-0.2, -0.15) is 0 Å². The largest absolute Gasteiger partial charge is 0.327 e. The fourth-order valence-electron chi connectivity index (χ4n) is 2.25. The predicted molar refractivity (Wildman–Crippen MR) is 74.8 cm³/mol. The first-order chi connectivity index (χ1) is 9.43. The van der Waals surface area contributed by atoms with E-state index >= 15 is 0 Å². The van der Waals surface area contributed by atoms with Crippen LogP contribution in [0.2, 0.25) is 0 Å². The van der Waals surface area contributed by atoms with Crippen LogP contribution in [0.3, 0.4) is 0 Å². The molecule has 7 heteroatoms. The van der Waals surface area contributed by atoms with E-state index in [1.54, 1.807) is 13.0 Å². The Bertz CT molecular complexity index is 651. The topological polar surface area (TPSA) is 50.7 Å². The van der Waals surface area contributed by atoms with Crippen LogP contribution in [0.4, 0.5) is 8.78 Å². The smallest absolute Gasteiger partial charge is 0.304 e. The van der Waals surface area contributed by atoms with Gasteiger partial charge in [-0.05, 0) is 12.5 Å². The Hall–Kier alpha value is -1.66. The molecule has 0 fully saturated rings. The third-order valence-electron chi connectivity index (χ3n) is 3.17. The summed E-state index contributed by atoms with van der Waals surface area (Å²) < 4.78 is 28.2. The van der Waals surface area contributed by atoms with Crippen molar-refractivity contribution in [2.45, 2.75) is 45.1 Å². The Labute approximate surface area is 116 Å². The SMILES string of the molecule is [B]c1cnc2c(c1)[nH]c(=O)n2CCCC(F)(F)CCC. The number of H-pyrrole nitrogens is 1. The molecule has 0 aliphatic heterocycles. The molecule has 0 amide bonds. The number of hydrogen-bond acceptors (Lipinski definition) is 2. The second-order valence-corrected chi connectivity index (χ2v) is 4.93. The van der Waals surface area contributed by atoms with Gasteiger partial charge >= 0.3 is 5.69 Å². The molecule has 2 rings (SSSR count). The molecule has 0 saturated carbocycles. The number of halogens is 2. The van der Waals surface area contributed by atoms with Gasteiger partial charge < -0.3 is 4.98 Å². The fraction of sp³-hybridized carbons (Fsp3) is 0.538. The Morgan fingerprint density at radius 3 is 2.90 bits per heavy atom. The molecule has 0 saturated heterocycles. The summed E-state index contributed by atoms with van der Waals surface area (Å²) >= 11 is 0. The van der Waals surface area contributed by atoms with Gasteiger partial charge in [-0.15, -0.1) is 0 Å². The Morgan fingerprint density at radius 2 is 2.20 bits per heavy atom. The van der Waals surface area contributed by atoms with Gasteiger partial charge in [-0.25, -0.2) is 18.6 Å². The third-order valence-corrected chi connectivity index (χ3v) is 3.17. The van der Waals surface area contributed by atoms with E-state index in [2.05, 4.69) is 9.97 Å². The Balaban J connectivity index is 2.11. The van der Waals surface area contributed by atoms with Gasteiger partial charge in [0.2, 0.25) is 5.92 Å². The van der Waals surface area contributed by atoms with Crippen molar-refractivity contribution in [3.05, 3.63) is 22.7 Å². The van der Waals surface area contributed by atoms with Crippen LogP contribution in [-0.2, 0) is 6.54 Å². The van der Waals surface area contributed by atoms with Crippen LogP contribution >= 0.6 is 0 Å². The zero-order valence-corrected chi connectivity index (χ0v) is 11.3. The highest BCUT2D eigenvalue weighted by atomic mass is 19.3. The van der Waals surface area contributed by atoms with E-state index in [-0.39, 0.29) is 31.5 Å². The summed E-state index contributed by atoms with van der Waals surface area (Å²) in [4.78, 5) is 18.5. The molecule has 2 radical (unpaired) electrons. The summed E-state index contributed by atoms with van der Waals surface area (Å²) in [5.74, 6) is -2.66. The lowest BCUT2D eigenvalue weighted by atomic mass is 9.99. The van der Waals surface area contributed by atoms with Crippen molar-refractivity contribution in [3.63, 3.8) is 0 Å². The van der Waals surface area contributed by atoms with E-state index in [4.69, 9.17) is 7.85 Å². The van der Waals surface area contributed by atoms with Crippen molar-refractivity contribution in [2.75, 3.05) is 0 Å². The number of alkyl halides is 2. The number of aryl methyl sites for hydroxylation is 1. The highest BCUT2D eigenvalue weighted by Gasteiger charge is 2.26. The number of pyridine rings is 1. The minimum atomic E-state index is -2.66. The summed E-state index contributed by atoms with van der Waals surface area (Å²) in [5.41, 5.74) is 1.07. The van der Waals surface area contributed by atoms with E-state index in [0.717, 1.165) is 0 Å². The molecule has 0 aliphatic rings. The molecule has 2 heterocycles. The van der Waals surface area contributed by atoms with Crippen LogP contribution in [-0.4, -0.2) is 28.3 Å². The van der Waals surface area contributed by atoms with Crippen molar-refractivity contribution < 1.29 is 8.78 Å². The molecular formula is C13H16BF2N3O. The van der Waals surface area contributed by atoms with E-state index in [1.165, 1.54) is 10.8 Å². The summed E-state index contributed by atoms with van der Waals surface area (Å²) in [6.45, 7) is 1.95. The van der Waals surface area contributed by atoms with Gasteiger partial charge in [0.15, 0.2) is 5.65 Å². The molecule has 20 heavy (non-hydrogen) atoms. The average Bonchev–Trinajstić information content (AvgIpc) is 2.64. The van der Waals surface area contributed by atoms with Crippen LogP contribution < -0.4 is 11.2 Å². The number of hydrogen-bond donors (Lipinski definition) is 1. The van der Waals surface area contributed by atoms with Crippen LogP contribution in [0.15, 0.2) is 17.1 Å². The Kier molecular flexibility index (Phi) is 4.25. The lowest BCUT2D eigenvalue weighted by molar-refractivity contribution is -0.0193. The molecule has 0 spiro atoms. The van der Waals surface area contributed by atoms with Crippen LogP contribution in [0.5, 0.6) is 0 Å². The minimum absolute atomic E-state index is 0.120. The van der Waals surface area contributed by atoms with Crippen LogP contribution in [0.25, 0.3) is 11.2 Å². The number of rotatable bonds is 6. The maximum atomic E-state index is 13.4. The normalized spacial score (nSPS) is 12.2. The number of aromatic nitrogens is 3. The van der Waals surface area contributed by atoms with Crippen LogP contribution in [0.1, 0.15) is 32.6 Å². The number of nitrogens with one attached hydrogen (secondary N) is 1. The molecule has 2 aromatic heterocycles. The first-order valence-electron chi connectivity index (χ1n) is 6.65. The van der Waals surface area contributed by atoms with Crippen molar-refractivity contribution in [2.24, 2.45) is 0 Å². The highest BCUT2D eigenvalue weighted by Crippen LogP contribution is 2.26. The van der Waals surface area contributed by atoms with Crippen LogP contribution in [0, 0.1) is 0 Å². The molecule has 1 N–H and O–H groups in total. The van der Waals surface area contributed by atoms with Gasteiger partial charge in [-0.3, -0.25) is 4.57 Å². The van der Waals surface area contributed by atoms with Gasteiger partial charge in [0.25, 0.3) is 0 Å². The fourth-order valence-corrected chi connectivity index (χ4v) is 2.25. The standard InChI is InChI=1S/C13H16BF2N3O/c1-2-4-13(15,16)5-3-6-19-11-10(18-12(19)20)7-9(14)8-17-11/h7-8H,2-6H2,1H3,(H,18,20). The van der Waals surface area contributed by atoms with Crippen molar-refractivity contribution in [3.8, 4) is 0 Å². The van der Waals surface area contributed by atoms with E-state index < -0.39 is 5.92 Å². The molecule has 106 valence electrons. The maximum Gasteiger partial charge on any atom is 0.327 e. The lowest BCUT2D eigenvalue weighted by Crippen LogP contribution is -2.20. The quantitative estimate of drug-likeness (QED) is 0.819. The number of aromatic amines is 1. The zero-order valence-electron chi connectivity index (χ0n) is 11.3. The molecule has 4 nitrogen and oxygen atoms in total. The molecule has 0 aliphatic carbocycles. The van der Waals surface area contributed by atoms with Gasteiger partial charge in [0, 0.05) is 25.6 Å². The number of imidazole rings is 1. The maximum absolute atomic E-state index is 13.4. The highest BCUT2D eigenvalue weighted by molar-refractivity contribution is 6.32. The molecule has 0 bridgehead atoms. The molecular weight excluding hydrogens is 263 g/mol. The second kappa shape index (κ2) is 5.77.